The number of nitrogens with one attached hydrogen (secondary N) is 2. The van der Waals surface area contributed by atoms with Gasteiger partial charge in [-0.2, -0.15) is 5.26 Å². The first-order valence-corrected chi connectivity index (χ1v) is 6.40. The zero-order valence-electron chi connectivity index (χ0n) is 9.28. The number of thiazole rings is 1. The molecule has 1 aliphatic rings. The van der Waals surface area contributed by atoms with Crippen molar-refractivity contribution in [1.29, 1.82) is 5.26 Å². The summed E-state index contributed by atoms with van der Waals surface area (Å²) in [6.07, 6.45) is 3.12. The smallest absolute Gasteiger partial charge is 0.304 e. The number of hydrogen-bond acceptors (Lipinski definition) is 4. The predicted octanol–water partition coefficient (Wildman–Crippen LogP) is 1.14. The van der Waals surface area contributed by atoms with Crippen LogP contribution in [0.5, 0.6) is 0 Å². The van der Waals surface area contributed by atoms with E-state index in [-0.39, 0.29) is 17.3 Å². The number of hydrogen-bond donors (Lipinski definition) is 2. The molecule has 90 valence electrons. The summed E-state index contributed by atoms with van der Waals surface area (Å²) < 4.78 is 0. The molecular formula is C11H13N3O2S. The lowest BCUT2D eigenvalue weighted by molar-refractivity contribution is -0.128. The van der Waals surface area contributed by atoms with Crippen LogP contribution >= 0.6 is 11.3 Å². The van der Waals surface area contributed by atoms with Crippen LogP contribution in [0.25, 0.3) is 0 Å². The van der Waals surface area contributed by atoms with Crippen LogP contribution in [-0.4, -0.2) is 10.9 Å². The average molecular weight is 251 g/mol. The normalized spacial score (nSPS) is 17.6. The third-order valence-electron chi connectivity index (χ3n) is 3.12. The summed E-state index contributed by atoms with van der Waals surface area (Å²) in [6.45, 7) is 0.279. The predicted molar refractivity (Wildman–Crippen MR) is 63.3 cm³/mol. The molecule has 1 fully saturated rings. The highest BCUT2D eigenvalue weighted by Crippen LogP contribution is 2.37. The Balaban J connectivity index is 1.97. The van der Waals surface area contributed by atoms with E-state index < -0.39 is 5.41 Å². The molecule has 0 radical (unpaired) electrons. The summed E-state index contributed by atoms with van der Waals surface area (Å²) in [5, 5.41) is 13.5. The Kier molecular flexibility index (Phi) is 3.29. The van der Waals surface area contributed by atoms with E-state index in [1.54, 1.807) is 5.38 Å². The standard InChI is InChI=1S/C11H13N3O2S/c12-7-11(3-1-2-4-11)9(15)13-5-8-6-17-10(16)14-8/h6H,1-5H2,(H,13,15)(H,14,16). The van der Waals surface area contributed by atoms with Gasteiger partial charge in [0.05, 0.1) is 12.6 Å². The summed E-state index contributed by atoms with van der Waals surface area (Å²) in [6, 6.07) is 2.14. The molecule has 1 aromatic heterocycles. The fourth-order valence-electron chi connectivity index (χ4n) is 2.11. The number of rotatable bonds is 3. The van der Waals surface area contributed by atoms with Crippen LogP contribution in [0.4, 0.5) is 0 Å². The summed E-state index contributed by atoms with van der Waals surface area (Å²) in [7, 11) is 0. The van der Waals surface area contributed by atoms with Crippen molar-refractivity contribution >= 4 is 17.2 Å². The Hall–Kier alpha value is -1.61. The third-order valence-corrected chi connectivity index (χ3v) is 3.83. The fraction of sp³-hybridized carbons (Fsp3) is 0.545. The quantitative estimate of drug-likeness (QED) is 0.844. The zero-order chi connectivity index (χ0) is 12.3. The van der Waals surface area contributed by atoms with Crippen molar-refractivity contribution in [2.45, 2.75) is 32.2 Å². The topological polar surface area (TPSA) is 85.8 Å². The maximum absolute atomic E-state index is 12.0. The zero-order valence-corrected chi connectivity index (χ0v) is 10.1. The van der Waals surface area contributed by atoms with Crippen LogP contribution < -0.4 is 10.2 Å². The SMILES string of the molecule is N#CC1(C(=O)NCc2csc(=O)[nH]2)CCCC1. The first-order valence-electron chi connectivity index (χ1n) is 5.52. The Morgan fingerprint density at radius 3 is 2.82 bits per heavy atom. The first kappa shape index (κ1) is 11.9. The van der Waals surface area contributed by atoms with Crippen molar-refractivity contribution in [3.05, 3.63) is 20.7 Å². The summed E-state index contributed by atoms with van der Waals surface area (Å²) >= 11 is 1.07. The van der Waals surface area contributed by atoms with Gasteiger partial charge in [0.15, 0.2) is 0 Å². The number of carbonyl (C=O) groups excluding carboxylic acids is 1. The van der Waals surface area contributed by atoms with E-state index in [0.717, 1.165) is 24.2 Å². The highest BCUT2D eigenvalue weighted by atomic mass is 32.1. The molecule has 2 N–H and O–H groups in total. The number of carbonyl (C=O) groups is 1. The Morgan fingerprint density at radius 1 is 1.59 bits per heavy atom. The van der Waals surface area contributed by atoms with Gasteiger partial charge in [-0.3, -0.25) is 9.59 Å². The van der Waals surface area contributed by atoms with Crippen molar-refractivity contribution in [2.75, 3.05) is 0 Å². The molecule has 0 bridgehead atoms. The van der Waals surface area contributed by atoms with Crippen molar-refractivity contribution in [3.8, 4) is 6.07 Å². The highest BCUT2D eigenvalue weighted by Gasteiger charge is 2.41. The van der Waals surface area contributed by atoms with Crippen LogP contribution in [0, 0.1) is 16.7 Å². The minimum absolute atomic E-state index is 0.134. The molecule has 0 spiro atoms. The molecule has 1 saturated carbocycles. The molecule has 0 atom stereocenters. The Morgan fingerprint density at radius 2 is 2.29 bits per heavy atom. The van der Waals surface area contributed by atoms with E-state index in [1.165, 1.54) is 0 Å². The van der Waals surface area contributed by atoms with Crippen molar-refractivity contribution < 1.29 is 4.79 Å². The summed E-state index contributed by atoms with van der Waals surface area (Å²) in [4.78, 5) is 25.3. The van der Waals surface area contributed by atoms with E-state index >= 15 is 0 Å². The Labute approximate surface area is 102 Å². The lowest BCUT2D eigenvalue weighted by atomic mass is 9.87. The third kappa shape index (κ3) is 2.39. The second kappa shape index (κ2) is 4.72. The van der Waals surface area contributed by atoms with Crippen LogP contribution in [0.2, 0.25) is 0 Å². The summed E-state index contributed by atoms with van der Waals surface area (Å²) in [5.41, 5.74) is -0.171. The van der Waals surface area contributed by atoms with Gasteiger partial charge in [0.1, 0.15) is 5.41 Å². The second-order valence-corrected chi connectivity index (χ2v) is 5.10. The largest absolute Gasteiger partial charge is 0.349 e. The lowest BCUT2D eigenvalue weighted by Crippen LogP contribution is -2.37. The van der Waals surface area contributed by atoms with Crippen molar-refractivity contribution in [2.24, 2.45) is 5.41 Å². The van der Waals surface area contributed by atoms with E-state index in [9.17, 15) is 9.59 Å². The molecule has 0 unspecified atom stereocenters. The number of nitriles is 1. The number of nitrogens with zero attached hydrogens (tertiary/aromatic N) is 1. The van der Waals surface area contributed by atoms with Gasteiger partial charge >= 0.3 is 4.87 Å². The summed E-state index contributed by atoms with van der Waals surface area (Å²) in [5.74, 6) is -0.218. The minimum Gasteiger partial charge on any atom is -0.349 e. The van der Waals surface area contributed by atoms with Gasteiger partial charge in [0.2, 0.25) is 5.91 Å². The highest BCUT2D eigenvalue weighted by molar-refractivity contribution is 7.07. The van der Waals surface area contributed by atoms with Crippen molar-refractivity contribution in [1.82, 2.24) is 10.3 Å². The van der Waals surface area contributed by atoms with E-state index in [1.807, 2.05) is 0 Å². The first-order chi connectivity index (χ1) is 8.16. The maximum atomic E-state index is 12.0. The molecule has 6 heteroatoms. The van der Waals surface area contributed by atoms with E-state index in [2.05, 4.69) is 16.4 Å². The number of aromatic amines is 1. The van der Waals surface area contributed by atoms with Gasteiger partial charge in [0.25, 0.3) is 0 Å². The maximum Gasteiger partial charge on any atom is 0.304 e. The van der Waals surface area contributed by atoms with E-state index in [0.29, 0.717) is 18.5 Å². The number of amides is 1. The van der Waals surface area contributed by atoms with E-state index in [4.69, 9.17) is 5.26 Å². The molecule has 1 aromatic rings. The molecular weight excluding hydrogens is 238 g/mol. The van der Waals surface area contributed by atoms with Crippen LogP contribution in [0.1, 0.15) is 31.4 Å². The van der Waals surface area contributed by atoms with Gasteiger partial charge in [0, 0.05) is 11.1 Å². The van der Waals surface area contributed by atoms with Gasteiger partial charge in [-0.1, -0.05) is 24.2 Å². The van der Waals surface area contributed by atoms with Crippen LogP contribution in [0.3, 0.4) is 0 Å². The Bertz CT molecular complexity index is 505. The molecule has 2 rings (SSSR count). The molecule has 0 aromatic carbocycles. The monoisotopic (exact) mass is 251 g/mol. The van der Waals surface area contributed by atoms with Gasteiger partial charge in [-0.25, -0.2) is 0 Å². The number of aromatic nitrogens is 1. The fourth-order valence-corrected chi connectivity index (χ4v) is 2.69. The molecule has 1 amide bonds. The van der Waals surface area contributed by atoms with Crippen LogP contribution in [0.15, 0.2) is 10.2 Å². The number of H-pyrrole nitrogens is 1. The van der Waals surface area contributed by atoms with Crippen molar-refractivity contribution in [3.63, 3.8) is 0 Å². The average Bonchev–Trinajstić information content (AvgIpc) is 2.95. The van der Waals surface area contributed by atoms with Gasteiger partial charge in [-0.15, -0.1) is 0 Å². The molecule has 0 saturated heterocycles. The minimum atomic E-state index is -0.851. The molecule has 1 aliphatic carbocycles. The van der Waals surface area contributed by atoms with Gasteiger partial charge < -0.3 is 10.3 Å². The molecule has 17 heavy (non-hydrogen) atoms. The molecule has 1 heterocycles. The van der Waals surface area contributed by atoms with Crippen LogP contribution in [-0.2, 0) is 11.3 Å². The molecule has 0 aliphatic heterocycles. The lowest BCUT2D eigenvalue weighted by Gasteiger charge is -2.18. The van der Waals surface area contributed by atoms with Gasteiger partial charge in [-0.05, 0) is 12.8 Å². The molecule has 5 nitrogen and oxygen atoms in total. The second-order valence-electron chi connectivity index (χ2n) is 4.26.